The second kappa shape index (κ2) is 9.02. The Morgan fingerprint density at radius 3 is 1.08 bits per heavy atom. The Bertz CT molecular complexity index is 586. The summed E-state index contributed by atoms with van der Waals surface area (Å²) >= 11 is 0. The maximum Gasteiger partial charge on any atom is 0.0618 e. The lowest BCUT2D eigenvalue weighted by Crippen LogP contribution is -2.22. The summed E-state index contributed by atoms with van der Waals surface area (Å²) in [5, 5.41) is 0. The summed E-state index contributed by atoms with van der Waals surface area (Å²) in [5.41, 5.74) is -0.254. The van der Waals surface area contributed by atoms with Gasteiger partial charge in [0.25, 0.3) is 0 Å². The molecule has 2 heterocycles. The van der Waals surface area contributed by atoms with Crippen molar-refractivity contribution in [1.29, 1.82) is 0 Å². The van der Waals surface area contributed by atoms with Gasteiger partial charge < -0.3 is 0 Å². The van der Waals surface area contributed by atoms with Crippen LogP contribution in [0.5, 0.6) is 0 Å². The van der Waals surface area contributed by atoms with Gasteiger partial charge >= 0.3 is 0 Å². The topological polar surface area (TPSA) is 58.9 Å². The van der Waals surface area contributed by atoms with Crippen LogP contribution in [0.25, 0.3) is 0 Å². The minimum atomic E-state index is -1.82. The molecule has 0 amide bonds. The fraction of sp³-hybridized carbons (Fsp3) is 1.00. The van der Waals surface area contributed by atoms with E-state index in [1.165, 1.54) is 6.42 Å². The molecule has 0 aromatic heterocycles. The number of hydrogen-bond acceptors (Lipinski definition) is 4. The van der Waals surface area contributed by atoms with Gasteiger partial charge in [-0.05, 0) is 67.2 Å². The van der Waals surface area contributed by atoms with Gasteiger partial charge in [-0.2, -0.15) is 0 Å². The molecule has 0 aromatic rings. The van der Waals surface area contributed by atoms with Crippen molar-refractivity contribution in [2.75, 3.05) is 23.0 Å². The molecule has 0 aliphatic carbocycles. The van der Waals surface area contributed by atoms with Gasteiger partial charge in [-0.3, -0.25) is 0 Å². The minimum Gasteiger partial charge on any atom is -0.250 e. The van der Waals surface area contributed by atoms with E-state index in [1.54, 1.807) is 0 Å². The highest BCUT2D eigenvalue weighted by Crippen LogP contribution is 2.19. The molecule has 2 rings (SSSR count). The van der Waals surface area contributed by atoms with Crippen LogP contribution in [0.1, 0.15) is 81.1 Å². The summed E-state index contributed by atoms with van der Waals surface area (Å²) in [5.74, 6) is 3.29. The second-order valence-electron chi connectivity index (χ2n) is 8.65. The van der Waals surface area contributed by atoms with E-state index >= 15 is 0 Å². The molecule has 0 radical (unpaired) electrons. The number of rotatable bonds is 0. The lowest BCUT2D eigenvalue weighted by molar-refractivity contribution is 0.574. The van der Waals surface area contributed by atoms with E-state index in [9.17, 15) is 8.42 Å². The molecule has 2 fully saturated rings. The second-order valence-corrected chi connectivity index (χ2v) is 13.7. The van der Waals surface area contributed by atoms with Gasteiger partial charge in [-0.15, -0.1) is 0 Å². The van der Waals surface area contributed by atoms with Crippen molar-refractivity contribution in [3.8, 4) is 0 Å². The first-order chi connectivity index (χ1) is 10.3. The highest BCUT2D eigenvalue weighted by atomic mass is 32.2. The minimum absolute atomic E-state index is 0. The molecule has 2 aliphatic heterocycles. The van der Waals surface area contributed by atoms with Crippen LogP contribution in [0.15, 0.2) is 8.73 Å². The van der Waals surface area contributed by atoms with Crippen LogP contribution >= 0.6 is 0 Å². The van der Waals surface area contributed by atoms with E-state index in [0.717, 1.165) is 48.7 Å². The van der Waals surface area contributed by atoms with Crippen molar-refractivity contribution in [3.63, 3.8) is 0 Å². The standard InChI is InChI=1S/C9H19NOS.C8H17NOS.CH4/c1-9(2,3)10-12(11)7-5-4-6-8-12;1-8(2,3)9-11(10)6-4-5-7-11;/h4-8H2,1-3H3;4-7H2,1-3H3;1H4. The van der Waals surface area contributed by atoms with Crippen molar-refractivity contribution < 1.29 is 8.42 Å². The highest BCUT2D eigenvalue weighted by Gasteiger charge is 2.20. The SMILES string of the molecule is C.CC(C)(C)N=S1(=O)CCCC1.CC(C)(C)N=S1(=O)CCCCC1. The van der Waals surface area contributed by atoms with E-state index in [-0.39, 0.29) is 18.5 Å². The van der Waals surface area contributed by atoms with Crippen LogP contribution in [-0.4, -0.2) is 42.5 Å². The summed E-state index contributed by atoms with van der Waals surface area (Å²) in [4.78, 5) is 0. The molecule has 0 unspecified atom stereocenters. The number of hydrogen-bond donors (Lipinski definition) is 0. The van der Waals surface area contributed by atoms with Gasteiger partial charge in [0, 0.05) is 42.5 Å². The van der Waals surface area contributed by atoms with Gasteiger partial charge in [-0.1, -0.05) is 13.8 Å². The molecular formula is C18H40N2O2S2. The molecule has 2 saturated heterocycles. The molecule has 24 heavy (non-hydrogen) atoms. The Labute approximate surface area is 152 Å². The quantitative estimate of drug-likeness (QED) is 0.585. The van der Waals surface area contributed by atoms with E-state index in [2.05, 4.69) is 8.73 Å². The first-order valence-electron chi connectivity index (χ1n) is 8.80. The third-order valence-electron chi connectivity index (χ3n) is 3.48. The zero-order valence-electron chi connectivity index (χ0n) is 15.9. The Hall–Kier alpha value is -0.100. The van der Waals surface area contributed by atoms with Crippen molar-refractivity contribution in [1.82, 2.24) is 0 Å². The van der Waals surface area contributed by atoms with Gasteiger partial charge in [0.15, 0.2) is 0 Å². The molecule has 146 valence electrons. The van der Waals surface area contributed by atoms with E-state index in [1.807, 2.05) is 41.5 Å². The third kappa shape index (κ3) is 10.0. The van der Waals surface area contributed by atoms with Crippen LogP contribution in [-0.2, 0) is 19.5 Å². The predicted molar refractivity (Wildman–Crippen MR) is 110 cm³/mol. The fourth-order valence-electron chi connectivity index (χ4n) is 2.87. The molecular weight excluding hydrogens is 340 g/mol. The first kappa shape index (κ1) is 23.9. The van der Waals surface area contributed by atoms with E-state index in [4.69, 9.17) is 0 Å². The lowest BCUT2D eigenvalue weighted by atomic mass is 10.1. The van der Waals surface area contributed by atoms with Gasteiger partial charge in [0.05, 0.1) is 11.1 Å². The highest BCUT2D eigenvalue weighted by molar-refractivity contribution is 7.94. The van der Waals surface area contributed by atoms with Gasteiger partial charge in [0.2, 0.25) is 0 Å². The molecule has 0 spiro atoms. The molecule has 0 aromatic carbocycles. The van der Waals surface area contributed by atoms with Crippen LogP contribution < -0.4 is 0 Å². The normalized spacial score (nSPS) is 22.6. The third-order valence-corrected chi connectivity index (χ3v) is 8.95. The monoisotopic (exact) mass is 380 g/mol. The zero-order chi connectivity index (χ0) is 17.8. The summed E-state index contributed by atoms with van der Waals surface area (Å²) in [6, 6.07) is 0. The van der Waals surface area contributed by atoms with Gasteiger partial charge in [-0.25, -0.2) is 17.1 Å². The Morgan fingerprint density at radius 2 is 0.833 bits per heavy atom. The molecule has 4 nitrogen and oxygen atoms in total. The zero-order valence-corrected chi connectivity index (χ0v) is 17.5. The van der Waals surface area contributed by atoms with Crippen LogP contribution in [0, 0.1) is 0 Å². The summed E-state index contributed by atoms with van der Waals surface area (Å²) in [6.45, 7) is 12.1. The molecule has 0 N–H and O–H groups in total. The Balaban J connectivity index is 0.000000425. The van der Waals surface area contributed by atoms with Crippen molar-refractivity contribution >= 4 is 19.5 Å². The smallest absolute Gasteiger partial charge is 0.0618 e. The first-order valence-corrected chi connectivity index (χ1v) is 12.5. The van der Waals surface area contributed by atoms with E-state index in [0.29, 0.717) is 0 Å². The van der Waals surface area contributed by atoms with Crippen molar-refractivity contribution in [3.05, 3.63) is 0 Å². The maximum absolute atomic E-state index is 12.1. The van der Waals surface area contributed by atoms with Crippen LogP contribution in [0.2, 0.25) is 0 Å². The summed E-state index contributed by atoms with van der Waals surface area (Å²) in [6.07, 6.45) is 5.62. The van der Waals surface area contributed by atoms with E-state index < -0.39 is 19.5 Å². The predicted octanol–water partition coefficient (Wildman–Crippen LogP) is 5.12. The van der Waals surface area contributed by atoms with Gasteiger partial charge in [0.1, 0.15) is 0 Å². The fourth-order valence-corrected chi connectivity index (χ4v) is 8.26. The molecule has 0 bridgehead atoms. The number of nitrogens with zero attached hydrogens (tertiary/aromatic N) is 2. The van der Waals surface area contributed by atoms with Crippen LogP contribution in [0.3, 0.4) is 0 Å². The molecule has 0 atom stereocenters. The Kier molecular flexibility index (Phi) is 8.98. The molecule has 2 aliphatic rings. The lowest BCUT2D eigenvalue weighted by Gasteiger charge is -2.20. The maximum atomic E-state index is 12.1. The summed E-state index contributed by atoms with van der Waals surface area (Å²) in [7, 11) is -3.61. The van der Waals surface area contributed by atoms with Crippen LogP contribution in [0.4, 0.5) is 0 Å². The molecule has 0 saturated carbocycles. The average Bonchev–Trinajstić information content (AvgIpc) is 2.71. The van der Waals surface area contributed by atoms with Crippen molar-refractivity contribution in [2.24, 2.45) is 8.73 Å². The Morgan fingerprint density at radius 1 is 0.583 bits per heavy atom. The molecule has 6 heteroatoms. The van der Waals surface area contributed by atoms with Crippen molar-refractivity contribution in [2.45, 2.75) is 92.2 Å². The largest absolute Gasteiger partial charge is 0.250 e. The summed E-state index contributed by atoms with van der Waals surface area (Å²) < 4.78 is 32.7. The average molecular weight is 381 g/mol.